The van der Waals surface area contributed by atoms with Gasteiger partial charge < -0.3 is 8.37 Å². The largest absolute Gasteiger partial charge is 0.471 e. The van der Waals surface area contributed by atoms with Gasteiger partial charge in [0.15, 0.2) is 0 Å². The van der Waals surface area contributed by atoms with Gasteiger partial charge in [-0.1, -0.05) is 80.7 Å². The number of benzene rings is 5. The van der Waals surface area contributed by atoms with Crippen LogP contribution >= 0.6 is 0 Å². The van der Waals surface area contributed by atoms with E-state index in [0.29, 0.717) is 45.5 Å². The molecule has 5 aromatic rings. The minimum absolute atomic E-state index is 0.00393. The van der Waals surface area contributed by atoms with Gasteiger partial charge in [-0.05, 0) is 72.1 Å². The Balaban J connectivity index is 1.07. The van der Waals surface area contributed by atoms with Crippen LogP contribution in [-0.2, 0) is 29.4 Å². The molecule has 0 saturated carbocycles. The van der Waals surface area contributed by atoms with Crippen molar-refractivity contribution >= 4 is 66.0 Å². The fraction of sp³-hybridized carbons (Fsp3) is 0.190. The van der Waals surface area contributed by atoms with Crippen molar-refractivity contribution in [2.24, 2.45) is 0 Å². The maximum absolute atomic E-state index is 13.5. The number of hydrogen-bond acceptors (Lipinski definition) is 12. The lowest BCUT2D eigenvalue weighted by Crippen LogP contribution is -2.42. The van der Waals surface area contributed by atoms with Crippen LogP contribution in [-0.4, -0.2) is 50.6 Å². The number of hydroxylamine groups is 4. The Hall–Kier alpha value is -6.56. The summed E-state index contributed by atoms with van der Waals surface area (Å²) in [5.74, 6) is 6.57. The summed E-state index contributed by atoms with van der Waals surface area (Å²) in [5.41, 5.74) is 0.895. The quantitative estimate of drug-likeness (QED) is 0.0733. The molecule has 7 rings (SSSR count). The highest BCUT2D eigenvalue weighted by molar-refractivity contribution is 7.82. The second kappa shape index (κ2) is 16.1. The van der Waals surface area contributed by atoms with Crippen LogP contribution in [0.25, 0.3) is 21.5 Å². The molecule has 16 heteroatoms. The highest BCUT2D eigenvalue weighted by Crippen LogP contribution is 2.34. The number of imide groups is 2. The maximum Gasteiger partial charge on any atom is 0.471 e. The van der Waals surface area contributed by atoms with Gasteiger partial charge in [0, 0.05) is 40.8 Å². The summed E-state index contributed by atoms with van der Waals surface area (Å²) in [4.78, 5) is 53.8. The van der Waals surface area contributed by atoms with E-state index in [4.69, 9.17) is 16.9 Å². The van der Waals surface area contributed by atoms with Crippen molar-refractivity contribution in [2.45, 2.75) is 52.4 Å². The van der Waals surface area contributed by atoms with Crippen LogP contribution in [0, 0.1) is 23.7 Å². The van der Waals surface area contributed by atoms with E-state index in [9.17, 15) is 36.0 Å². The van der Waals surface area contributed by atoms with Gasteiger partial charge in [0.05, 0.1) is 22.3 Å². The molecule has 0 aromatic heterocycles. The molecule has 0 saturated heterocycles. The molecule has 294 valence electrons. The minimum Gasteiger partial charge on any atom is -0.360 e. The number of carbonyl (C=O) groups excluding carboxylic acids is 4. The van der Waals surface area contributed by atoms with Gasteiger partial charge >= 0.3 is 20.8 Å². The van der Waals surface area contributed by atoms with Gasteiger partial charge in [0.25, 0.3) is 23.6 Å². The van der Waals surface area contributed by atoms with Gasteiger partial charge in [0.2, 0.25) is 0 Å². The Morgan fingerprint density at radius 2 is 0.914 bits per heavy atom. The number of nitrogens with zero attached hydrogens (tertiary/aromatic N) is 2. The summed E-state index contributed by atoms with van der Waals surface area (Å²) in [6.07, 6.45) is 4.92. The first-order chi connectivity index (χ1) is 27.8. The molecule has 0 spiro atoms. The molecule has 0 unspecified atom stereocenters. The van der Waals surface area contributed by atoms with Crippen LogP contribution in [0.15, 0.2) is 84.9 Å². The topological polar surface area (TPSA) is 180 Å². The summed E-state index contributed by atoms with van der Waals surface area (Å²) >= 11 is 0. The molecule has 2 aliphatic heterocycles. The summed E-state index contributed by atoms with van der Waals surface area (Å²) in [7, 11) is -10.5. The Kier molecular flexibility index (Phi) is 11.0. The third-order valence-electron chi connectivity index (χ3n) is 8.92. The molecule has 4 amide bonds. The van der Waals surface area contributed by atoms with Crippen LogP contribution in [0.1, 0.15) is 105 Å². The third-order valence-corrected chi connectivity index (χ3v) is 10.4. The Bertz CT molecular complexity index is 2730. The number of carbonyl (C=O) groups is 4. The van der Waals surface area contributed by atoms with Crippen molar-refractivity contribution in [3.05, 3.63) is 118 Å². The van der Waals surface area contributed by atoms with Gasteiger partial charge in [0.1, 0.15) is 11.5 Å². The van der Waals surface area contributed by atoms with E-state index in [-0.39, 0.29) is 32.4 Å². The van der Waals surface area contributed by atoms with E-state index in [1.807, 2.05) is 13.8 Å². The predicted molar refractivity (Wildman–Crippen MR) is 209 cm³/mol. The molecule has 14 nitrogen and oxygen atoms in total. The molecule has 0 radical (unpaired) electrons. The monoisotopic (exact) mass is 820 g/mol. The summed E-state index contributed by atoms with van der Waals surface area (Å²) in [6, 6.07) is 19.8. The van der Waals surface area contributed by atoms with Crippen molar-refractivity contribution in [2.75, 3.05) is 0 Å². The van der Waals surface area contributed by atoms with Crippen LogP contribution in [0.3, 0.4) is 0 Å². The molecule has 0 aliphatic carbocycles. The zero-order chi connectivity index (χ0) is 41.2. The second-order valence-corrected chi connectivity index (χ2v) is 15.3. The zero-order valence-corrected chi connectivity index (χ0v) is 32.6. The number of hydrogen-bond donors (Lipinski definition) is 0. The van der Waals surface area contributed by atoms with Crippen molar-refractivity contribution in [1.29, 1.82) is 0 Å². The van der Waals surface area contributed by atoms with E-state index in [2.05, 4.69) is 23.7 Å². The molecular formula is C42H32N2O12S2. The van der Waals surface area contributed by atoms with Crippen molar-refractivity contribution in [3.8, 4) is 35.2 Å². The number of rotatable bonds is 12. The fourth-order valence-corrected chi connectivity index (χ4v) is 7.71. The predicted octanol–water partition coefficient (Wildman–Crippen LogP) is 6.78. The van der Waals surface area contributed by atoms with E-state index in [1.54, 1.807) is 36.4 Å². The van der Waals surface area contributed by atoms with Gasteiger partial charge in [-0.3, -0.25) is 19.2 Å². The lowest BCUT2D eigenvalue weighted by Gasteiger charge is -2.25. The molecule has 2 heterocycles. The summed E-state index contributed by atoms with van der Waals surface area (Å²) in [5, 5.41) is 1.78. The lowest BCUT2D eigenvalue weighted by molar-refractivity contribution is -0.0209. The number of amides is 4. The van der Waals surface area contributed by atoms with Crippen molar-refractivity contribution in [3.63, 3.8) is 0 Å². The molecule has 0 atom stereocenters. The highest BCUT2D eigenvalue weighted by atomic mass is 32.3. The van der Waals surface area contributed by atoms with E-state index in [0.717, 1.165) is 49.9 Å². The van der Waals surface area contributed by atoms with Crippen molar-refractivity contribution in [1.82, 2.24) is 10.1 Å². The Morgan fingerprint density at radius 3 is 1.33 bits per heavy atom. The lowest BCUT2D eigenvalue weighted by atomic mass is 9.93. The fourth-order valence-electron chi connectivity index (χ4n) is 6.34. The Morgan fingerprint density at radius 1 is 0.517 bits per heavy atom. The normalized spacial score (nSPS) is 13.6. The van der Waals surface area contributed by atoms with E-state index in [1.165, 1.54) is 24.3 Å². The van der Waals surface area contributed by atoms with Crippen LogP contribution < -0.4 is 8.37 Å². The van der Waals surface area contributed by atoms with Gasteiger partial charge in [-0.25, -0.2) is 0 Å². The molecular weight excluding hydrogens is 789 g/mol. The standard InChI is InChI=1S/C42H32N2O12S2/c1-3-5-7-9-14-27-22-29-16-11-20-33-37(29)35(24-27)41(47)43(39(33)45)55-57(49,50)53-31-18-13-19-32(26-31)54-58(51,52)56-44-40(46)34-21-12-17-30-23-28(15-10-8-6-4-2)25-36(38(30)34)42(44)48/h11-13,16-26H,3-8H2,1-2H3. The molecule has 2 aliphatic rings. The van der Waals surface area contributed by atoms with E-state index >= 15 is 0 Å². The number of unbranched alkanes of at least 4 members (excludes halogenated alkanes) is 4. The van der Waals surface area contributed by atoms with Gasteiger partial charge in [-0.15, -0.1) is 18.7 Å². The molecule has 0 fully saturated rings. The van der Waals surface area contributed by atoms with Crippen LogP contribution in [0.5, 0.6) is 11.5 Å². The van der Waals surface area contributed by atoms with Gasteiger partial charge in [-0.2, -0.15) is 16.8 Å². The maximum atomic E-state index is 13.5. The zero-order valence-electron chi connectivity index (χ0n) is 30.9. The summed E-state index contributed by atoms with van der Waals surface area (Å²) < 4.78 is 72.2. The summed E-state index contributed by atoms with van der Waals surface area (Å²) in [6.45, 7) is 4.06. The van der Waals surface area contributed by atoms with Crippen LogP contribution in [0.4, 0.5) is 0 Å². The van der Waals surface area contributed by atoms with E-state index < -0.39 is 55.9 Å². The second-order valence-electron chi connectivity index (χ2n) is 13.1. The first-order valence-electron chi connectivity index (χ1n) is 18.1. The highest BCUT2D eigenvalue weighted by Gasteiger charge is 2.40. The smallest absolute Gasteiger partial charge is 0.360 e. The minimum atomic E-state index is -5.25. The van der Waals surface area contributed by atoms with Crippen LogP contribution in [0.2, 0.25) is 0 Å². The third kappa shape index (κ3) is 8.13. The SMILES string of the molecule is CCCCC#Cc1cc2c3c(cccc3c1)C(=O)N(OS(=O)(=O)Oc1cccc(OS(=O)(=O)ON3C(=O)c4cccc5cc(C#CCCCC)cc(c45)C3=O)c1)C2=O. The first-order valence-corrected chi connectivity index (χ1v) is 20.7. The molecule has 0 N–H and O–H groups in total. The average molecular weight is 821 g/mol. The Labute approximate surface area is 333 Å². The molecule has 58 heavy (non-hydrogen) atoms. The average Bonchev–Trinajstić information content (AvgIpc) is 3.19. The van der Waals surface area contributed by atoms with Crippen molar-refractivity contribution < 1.29 is 52.9 Å². The molecule has 5 aromatic carbocycles. The molecule has 0 bridgehead atoms. The first kappa shape index (κ1) is 39.7.